The number of aromatic hydroxyl groups is 1. The predicted octanol–water partition coefficient (Wildman–Crippen LogP) is 3.99. The molecule has 3 N–H and O–H groups in total. The van der Waals surface area contributed by atoms with Crippen molar-refractivity contribution in [2.45, 2.75) is 91.8 Å². The molecule has 0 fully saturated rings. The molecule has 10 heteroatoms. The zero-order chi connectivity index (χ0) is 29.0. The molecular weight excluding hydrogens is 490 g/mol. The summed E-state index contributed by atoms with van der Waals surface area (Å²) in [6, 6.07) is 2.61. The van der Waals surface area contributed by atoms with Gasteiger partial charge in [0, 0.05) is 6.54 Å². The van der Waals surface area contributed by atoms with E-state index < -0.39 is 41.6 Å². The lowest BCUT2D eigenvalue weighted by atomic mass is 9.97. The van der Waals surface area contributed by atoms with Crippen molar-refractivity contribution in [1.29, 1.82) is 0 Å². The molecule has 0 saturated heterocycles. The third-order valence-corrected chi connectivity index (χ3v) is 5.71. The summed E-state index contributed by atoms with van der Waals surface area (Å²) in [6.45, 7) is 12.7. The van der Waals surface area contributed by atoms with Crippen molar-refractivity contribution in [3.63, 3.8) is 0 Å². The molecule has 3 amide bonds. The van der Waals surface area contributed by atoms with Gasteiger partial charge in [0.05, 0.1) is 7.11 Å². The minimum absolute atomic E-state index is 0.0515. The third-order valence-electron chi connectivity index (χ3n) is 5.71. The van der Waals surface area contributed by atoms with Crippen LogP contribution in [0.5, 0.6) is 5.75 Å². The van der Waals surface area contributed by atoms with Crippen LogP contribution in [0.1, 0.15) is 84.4 Å². The predicted molar refractivity (Wildman–Crippen MR) is 144 cm³/mol. The molecule has 2 unspecified atom stereocenters. The average molecular weight is 536 g/mol. The monoisotopic (exact) mass is 535 g/mol. The van der Waals surface area contributed by atoms with Gasteiger partial charge < -0.3 is 30.1 Å². The van der Waals surface area contributed by atoms with Gasteiger partial charge >= 0.3 is 12.1 Å². The van der Waals surface area contributed by atoms with Gasteiger partial charge in [0.25, 0.3) is 0 Å². The van der Waals surface area contributed by atoms with Gasteiger partial charge in [0.1, 0.15) is 30.0 Å². The molecule has 0 aliphatic rings. The second kappa shape index (κ2) is 15.2. The summed E-state index contributed by atoms with van der Waals surface area (Å²) in [5, 5.41) is 15.3. The number of carbonyl (C=O) groups excluding carboxylic acids is 4. The number of nitrogens with one attached hydrogen (secondary N) is 2. The Bertz CT molecular complexity index is 956. The number of aryl methyl sites for hydroxylation is 1. The number of unbranched alkanes of at least 4 members (excludes halogenated alkanes) is 2. The first-order valence-electron chi connectivity index (χ1n) is 13.1. The number of phenolic OH excluding ortho intramolecular Hbond substituents is 1. The van der Waals surface area contributed by atoms with Crippen molar-refractivity contribution in [3.8, 4) is 5.75 Å². The van der Waals surface area contributed by atoms with Crippen LogP contribution in [-0.4, -0.2) is 65.7 Å². The summed E-state index contributed by atoms with van der Waals surface area (Å²) in [5.74, 6) is -1.54. The smallest absolute Gasteiger partial charge is 0.408 e. The van der Waals surface area contributed by atoms with Crippen LogP contribution in [0.25, 0.3) is 0 Å². The van der Waals surface area contributed by atoms with Crippen molar-refractivity contribution >= 4 is 23.9 Å². The van der Waals surface area contributed by atoms with Crippen molar-refractivity contribution in [1.82, 2.24) is 15.5 Å². The van der Waals surface area contributed by atoms with E-state index in [0.29, 0.717) is 24.0 Å². The number of methoxy groups -OCH3 is 1. The number of hydrogen-bond donors (Lipinski definition) is 3. The van der Waals surface area contributed by atoms with Crippen molar-refractivity contribution in [2.75, 3.05) is 20.2 Å². The van der Waals surface area contributed by atoms with Crippen LogP contribution >= 0.6 is 0 Å². The third kappa shape index (κ3) is 11.0. The van der Waals surface area contributed by atoms with Crippen LogP contribution in [-0.2, 0) is 23.9 Å². The zero-order valence-corrected chi connectivity index (χ0v) is 24.1. The molecule has 0 saturated carbocycles. The summed E-state index contributed by atoms with van der Waals surface area (Å²) in [4.78, 5) is 53.4. The van der Waals surface area contributed by atoms with Crippen molar-refractivity contribution < 1.29 is 33.8 Å². The lowest BCUT2D eigenvalue weighted by molar-refractivity contribution is -0.145. The zero-order valence-electron chi connectivity index (χ0n) is 24.1. The fourth-order valence-corrected chi connectivity index (χ4v) is 3.89. The fourth-order valence-electron chi connectivity index (χ4n) is 3.89. The maximum atomic E-state index is 14.1. The molecule has 0 aliphatic heterocycles. The maximum absolute atomic E-state index is 14.1. The van der Waals surface area contributed by atoms with E-state index in [1.807, 2.05) is 20.8 Å². The van der Waals surface area contributed by atoms with E-state index in [0.717, 1.165) is 12.8 Å². The van der Waals surface area contributed by atoms with Crippen LogP contribution in [0.15, 0.2) is 18.2 Å². The van der Waals surface area contributed by atoms with Crippen LogP contribution < -0.4 is 10.6 Å². The van der Waals surface area contributed by atoms with E-state index in [2.05, 4.69) is 15.4 Å². The van der Waals surface area contributed by atoms with Gasteiger partial charge in [0.15, 0.2) is 0 Å². The molecule has 214 valence electrons. The average Bonchev–Trinajstić information content (AvgIpc) is 2.81. The number of alkyl carbamates (subject to hydrolysis) is 1. The maximum Gasteiger partial charge on any atom is 0.408 e. The van der Waals surface area contributed by atoms with Crippen molar-refractivity contribution in [2.24, 2.45) is 5.92 Å². The van der Waals surface area contributed by atoms with Crippen LogP contribution in [0.4, 0.5) is 4.79 Å². The Balaban J connectivity index is 3.53. The first kappa shape index (κ1) is 32.7. The lowest BCUT2D eigenvalue weighted by Crippen LogP contribution is -2.54. The normalized spacial score (nSPS) is 12.9. The number of ether oxygens (including phenoxy) is 2. The Kier molecular flexibility index (Phi) is 13.1. The van der Waals surface area contributed by atoms with Gasteiger partial charge in [-0.15, -0.1) is 0 Å². The van der Waals surface area contributed by atoms with Gasteiger partial charge in [-0.3, -0.25) is 14.4 Å². The van der Waals surface area contributed by atoms with Crippen LogP contribution in [0.2, 0.25) is 0 Å². The van der Waals surface area contributed by atoms with Crippen LogP contribution in [0, 0.1) is 12.8 Å². The summed E-state index contributed by atoms with van der Waals surface area (Å²) in [5.41, 5.74) is 0.240. The standard InChI is InChI=1S/C28H45N3O7/c1-9-10-11-14-31(26(35)21(15-18(2)3)30-27(36)38-28(5,6)7)24(25(34)29-17-23(33)37-8)20-12-13-22(32)19(4)16-20/h12-13,16,18,21,24,32H,9-11,14-15,17H2,1-8H3,(H,29,34)(H,30,36). The number of esters is 1. The van der Waals surface area contributed by atoms with E-state index in [-0.39, 0.29) is 24.8 Å². The highest BCUT2D eigenvalue weighted by Crippen LogP contribution is 2.28. The second-order valence-corrected chi connectivity index (χ2v) is 10.8. The first-order chi connectivity index (χ1) is 17.7. The highest BCUT2D eigenvalue weighted by molar-refractivity contribution is 5.93. The molecule has 1 aromatic rings. The molecule has 38 heavy (non-hydrogen) atoms. The quantitative estimate of drug-likeness (QED) is 0.257. The molecule has 10 nitrogen and oxygen atoms in total. The molecule has 2 atom stereocenters. The minimum atomic E-state index is -1.11. The van der Waals surface area contributed by atoms with E-state index in [4.69, 9.17) is 4.74 Å². The fraction of sp³-hybridized carbons (Fsp3) is 0.643. The summed E-state index contributed by atoms with van der Waals surface area (Å²) in [6.07, 6.45) is 1.94. The Morgan fingerprint density at radius 3 is 2.29 bits per heavy atom. The molecule has 0 bridgehead atoms. The molecule has 0 aromatic heterocycles. The number of hydrogen-bond acceptors (Lipinski definition) is 7. The minimum Gasteiger partial charge on any atom is -0.508 e. The van der Waals surface area contributed by atoms with Crippen LogP contribution in [0.3, 0.4) is 0 Å². The number of benzene rings is 1. The molecule has 0 aliphatic carbocycles. The Morgan fingerprint density at radius 2 is 1.76 bits per heavy atom. The molecule has 0 heterocycles. The Morgan fingerprint density at radius 1 is 1.11 bits per heavy atom. The van der Waals surface area contributed by atoms with Crippen molar-refractivity contribution in [3.05, 3.63) is 29.3 Å². The van der Waals surface area contributed by atoms with Gasteiger partial charge in [-0.05, 0) is 69.7 Å². The summed E-state index contributed by atoms with van der Waals surface area (Å²) < 4.78 is 10.0. The Labute approximate surface area is 226 Å². The van der Waals surface area contributed by atoms with E-state index >= 15 is 0 Å². The highest BCUT2D eigenvalue weighted by Gasteiger charge is 2.36. The second-order valence-electron chi connectivity index (χ2n) is 10.8. The SMILES string of the molecule is CCCCCN(C(=O)C(CC(C)C)NC(=O)OC(C)(C)C)C(C(=O)NCC(=O)OC)c1ccc(O)c(C)c1. The van der Waals surface area contributed by atoms with Gasteiger partial charge in [-0.25, -0.2) is 4.79 Å². The number of phenols is 1. The van der Waals surface area contributed by atoms with Gasteiger partial charge in [-0.1, -0.05) is 39.7 Å². The van der Waals surface area contributed by atoms with E-state index in [1.165, 1.54) is 18.1 Å². The highest BCUT2D eigenvalue weighted by atomic mass is 16.6. The van der Waals surface area contributed by atoms with Gasteiger partial charge in [-0.2, -0.15) is 0 Å². The summed E-state index contributed by atoms with van der Waals surface area (Å²) >= 11 is 0. The Hall–Kier alpha value is -3.30. The molecule has 1 aromatic carbocycles. The van der Waals surface area contributed by atoms with E-state index in [9.17, 15) is 24.3 Å². The molecular formula is C28H45N3O7. The molecule has 0 radical (unpaired) electrons. The largest absolute Gasteiger partial charge is 0.508 e. The van der Waals surface area contributed by atoms with E-state index in [1.54, 1.807) is 39.8 Å². The molecule has 1 rings (SSSR count). The van der Waals surface area contributed by atoms with Gasteiger partial charge in [0.2, 0.25) is 11.8 Å². The first-order valence-corrected chi connectivity index (χ1v) is 13.1. The number of carbonyl (C=O) groups is 4. The molecule has 0 spiro atoms. The number of amides is 3. The lowest BCUT2D eigenvalue weighted by Gasteiger charge is -2.35. The topological polar surface area (TPSA) is 134 Å². The summed E-state index contributed by atoms with van der Waals surface area (Å²) in [7, 11) is 1.22. The number of nitrogens with zero attached hydrogens (tertiary/aromatic N) is 1. The number of rotatable bonds is 13.